The molecule has 0 aliphatic carbocycles. The van der Waals surface area contributed by atoms with E-state index in [1.165, 1.54) is 6.42 Å². The number of nitrogens with zero attached hydrogens (tertiary/aromatic N) is 3. The van der Waals surface area contributed by atoms with Gasteiger partial charge in [-0.3, -0.25) is 4.90 Å². The molecule has 2 heterocycles. The molecule has 0 bridgehead atoms. The first-order chi connectivity index (χ1) is 6.68. The standard InChI is InChI=1S/C10H17N3O/c1-7(2)13-6-4-5-9(13)10-12-11-8(3)14-10/h7,9H,4-6H2,1-3H3/t9-/m0/s1. The molecule has 1 fully saturated rings. The van der Waals surface area contributed by atoms with Crippen LogP contribution in [0.5, 0.6) is 0 Å². The van der Waals surface area contributed by atoms with Gasteiger partial charge in [0.05, 0.1) is 6.04 Å². The minimum atomic E-state index is 0.344. The molecular weight excluding hydrogens is 178 g/mol. The van der Waals surface area contributed by atoms with Crippen LogP contribution in [0.15, 0.2) is 4.42 Å². The van der Waals surface area contributed by atoms with Crippen molar-refractivity contribution in [3.05, 3.63) is 11.8 Å². The van der Waals surface area contributed by atoms with Gasteiger partial charge in [-0.15, -0.1) is 10.2 Å². The van der Waals surface area contributed by atoms with Gasteiger partial charge in [0.15, 0.2) is 0 Å². The Labute approximate surface area is 84.3 Å². The van der Waals surface area contributed by atoms with E-state index in [4.69, 9.17) is 4.42 Å². The van der Waals surface area contributed by atoms with Gasteiger partial charge >= 0.3 is 0 Å². The number of hydrogen-bond acceptors (Lipinski definition) is 4. The van der Waals surface area contributed by atoms with E-state index in [1.807, 2.05) is 6.92 Å². The molecule has 1 aromatic rings. The van der Waals surface area contributed by atoms with Crippen molar-refractivity contribution in [1.82, 2.24) is 15.1 Å². The molecule has 78 valence electrons. The Morgan fingerprint density at radius 3 is 2.79 bits per heavy atom. The largest absolute Gasteiger partial charge is 0.424 e. The van der Waals surface area contributed by atoms with Gasteiger partial charge in [-0.25, -0.2) is 0 Å². The van der Waals surface area contributed by atoms with Crippen LogP contribution in [0.25, 0.3) is 0 Å². The molecule has 1 aliphatic rings. The van der Waals surface area contributed by atoms with Crippen LogP contribution in [-0.4, -0.2) is 27.7 Å². The summed E-state index contributed by atoms with van der Waals surface area (Å²) in [4.78, 5) is 2.42. The normalized spacial score (nSPS) is 23.6. The van der Waals surface area contributed by atoms with Crippen LogP contribution in [0, 0.1) is 6.92 Å². The molecular formula is C10H17N3O. The zero-order valence-corrected chi connectivity index (χ0v) is 9.03. The first-order valence-corrected chi connectivity index (χ1v) is 5.24. The maximum Gasteiger partial charge on any atom is 0.233 e. The van der Waals surface area contributed by atoms with Crippen LogP contribution < -0.4 is 0 Å². The number of aromatic nitrogens is 2. The van der Waals surface area contributed by atoms with Crippen LogP contribution in [0.3, 0.4) is 0 Å². The van der Waals surface area contributed by atoms with Crippen molar-refractivity contribution in [2.24, 2.45) is 0 Å². The maximum atomic E-state index is 5.48. The van der Waals surface area contributed by atoms with Crippen molar-refractivity contribution in [2.45, 2.75) is 45.7 Å². The highest BCUT2D eigenvalue weighted by Crippen LogP contribution is 2.32. The highest BCUT2D eigenvalue weighted by molar-refractivity contribution is 4.95. The van der Waals surface area contributed by atoms with E-state index in [1.54, 1.807) is 0 Å². The summed E-state index contributed by atoms with van der Waals surface area (Å²) in [6, 6.07) is 0.894. The molecule has 1 aliphatic heterocycles. The van der Waals surface area contributed by atoms with Crippen molar-refractivity contribution in [3.8, 4) is 0 Å². The topological polar surface area (TPSA) is 42.2 Å². The number of likely N-dealkylation sites (tertiary alicyclic amines) is 1. The molecule has 0 aromatic carbocycles. The molecule has 0 radical (unpaired) electrons. The Hall–Kier alpha value is -0.900. The fourth-order valence-corrected chi connectivity index (χ4v) is 2.12. The first-order valence-electron chi connectivity index (χ1n) is 5.24. The molecule has 0 N–H and O–H groups in total. The summed E-state index contributed by atoms with van der Waals surface area (Å²) >= 11 is 0. The summed E-state index contributed by atoms with van der Waals surface area (Å²) in [6.07, 6.45) is 2.37. The third kappa shape index (κ3) is 1.66. The molecule has 14 heavy (non-hydrogen) atoms. The average Bonchev–Trinajstić information content (AvgIpc) is 2.70. The van der Waals surface area contributed by atoms with Crippen molar-refractivity contribution < 1.29 is 4.42 Å². The van der Waals surface area contributed by atoms with Crippen molar-refractivity contribution in [2.75, 3.05) is 6.54 Å². The lowest BCUT2D eigenvalue weighted by Gasteiger charge is -2.25. The van der Waals surface area contributed by atoms with E-state index >= 15 is 0 Å². The highest BCUT2D eigenvalue weighted by Gasteiger charge is 2.31. The van der Waals surface area contributed by atoms with Crippen molar-refractivity contribution >= 4 is 0 Å². The summed E-state index contributed by atoms with van der Waals surface area (Å²) in [5, 5.41) is 7.98. The Kier molecular flexibility index (Phi) is 2.54. The van der Waals surface area contributed by atoms with Crippen LogP contribution in [0.2, 0.25) is 0 Å². The Morgan fingerprint density at radius 1 is 1.43 bits per heavy atom. The smallest absolute Gasteiger partial charge is 0.233 e. The van der Waals surface area contributed by atoms with E-state index in [0.29, 0.717) is 18.0 Å². The minimum absolute atomic E-state index is 0.344. The molecule has 4 heteroatoms. The predicted molar refractivity (Wildman–Crippen MR) is 52.9 cm³/mol. The van der Waals surface area contributed by atoms with Crippen LogP contribution in [0.1, 0.15) is 44.5 Å². The summed E-state index contributed by atoms with van der Waals surface area (Å²) in [7, 11) is 0. The second-order valence-corrected chi connectivity index (χ2v) is 4.15. The highest BCUT2D eigenvalue weighted by atomic mass is 16.4. The lowest BCUT2D eigenvalue weighted by Crippen LogP contribution is -2.30. The van der Waals surface area contributed by atoms with E-state index in [2.05, 4.69) is 28.9 Å². The third-order valence-corrected chi connectivity index (χ3v) is 2.78. The van der Waals surface area contributed by atoms with Gasteiger partial charge in [0, 0.05) is 13.0 Å². The fourth-order valence-electron chi connectivity index (χ4n) is 2.12. The fraction of sp³-hybridized carbons (Fsp3) is 0.800. The van der Waals surface area contributed by atoms with Gasteiger partial charge in [-0.1, -0.05) is 0 Å². The Balaban J connectivity index is 2.17. The lowest BCUT2D eigenvalue weighted by molar-refractivity contribution is 0.178. The molecule has 0 spiro atoms. The van der Waals surface area contributed by atoms with Gasteiger partial charge < -0.3 is 4.42 Å². The van der Waals surface area contributed by atoms with Gasteiger partial charge in [-0.05, 0) is 33.2 Å². The number of hydrogen-bond donors (Lipinski definition) is 0. The molecule has 0 saturated carbocycles. The molecule has 1 atom stereocenters. The molecule has 1 aromatic heterocycles. The minimum Gasteiger partial charge on any atom is -0.424 e. The predicted octanol–water partition coefficient (Wildman–Crippen LogP) is 1.92. The Morgan fingerprint density at radius 2 is 2.21 bits per heavy atom. The quantitative estimate of drug-likeness (QED) is 0.723. The maximum absolute atomic E-state index is 5.48. The molecule has 0 amide bonds. The van der Waals surface area contributed by atoms with Gasteiger partial charge in [0.25, 0.3) is 0 Å². The van der Waals surface area contributed by atoms with Crippen LogP contribution >= 0.6 is 0 Å². The second kappa shape index (κ2) is 3.69. The van der Waals surface area contributed by atoms with E-state index in [-0.39, 0.29) is 0 Å². The van der Waals surface area contributed by atoms with E-state index in [9.17, 15) is 0 Å². The SMILES string of the molecule is Cc1nnc([C@@H]2CCCN2C(C)C)o1. The zero-order valence-electron chi connectivity index (χ0n) is 9.03. The molecule has 4 nitrogen and oxygen atoms in total. The van der Waals surface area contributed by atoms with Gasteiger partial charge in [-0.2, -0.15) is 0 Å². The first kappa shape index (κ1) is 9.65. The van der Waals surface area contributed by atoms with E-state index in [0.717, 1.165) is 18.9 Å². The molecule has 2 rings (SSSR count). The molecule has 1 saturated heterocycles. The number of rotatable bonds is 2. The van der Waals surface area contributed by atoms with Gasteiger partial charge in [0.1, 0.15) is 0 Å². The van der Waals surface area contributed by atoms with Crippen molar-refractivity contribution in [1.29, 1.82) is 0 Å². The zero-order chi connectivity index (χ0) is 10.1. The summed E-state index contributed by atoms with van der Waals surface area (Å²) in [5.74, 6) is 1.45. The monoisotopic (exact) mass is 195 g/mol. The van der Waals surface area contributed by atoms with E-state index < -0.39 is 0 Å². The second-order valence-electron chi connectivity index (χ2n) is 4.15. The number of aryl methyl sites for hydroxylation is 1. The summed E-state index contributed by atoms with van der Waals surface area (Å²) < 4.78 is 5.48. The van der Waals surface area contributed by atoms with Crippen molar-refractivity contribution in [3.63, 3.8) is 0 Å². The molecule has 0 unspecified atom stereocenters. The average molecular weight is 195 g/mol. The van der Waals surface area contributed by atoms with Crippen LogP contribution in [-0.2, 0) is 0 Å². The summed E-state index contributed by atoms with van der Waals surface area (Å²) in [5.41, 5.74) is 0. The summed E-state index contributed by atoms with van der Waals surface area (Å²) in [6.45, 7) is 7.40. The van der Waals surface area contributed by atoms with Crippen LogP contribution in [0.4, 0.5) is 0 Å². The lowest BCUT2D eigenvalue weighted by atomic mass is 10.2. The Bertz CT molecular complexity index is 308. The van der Waals surface area contributed by atoms with Gasteiger partial charge in [0.2, 0.25) is 11.8 Å². The third-order valence-electron chi connectivity index (χ3n) is 2.78.